The monoisotopic (exact) mass is 422 g/mol. The van der Waals surface area contributed by atoms with Crippen molar-refractivity contribution in [3.05, 3.63) is 70.9 Å². The van der Waals surface area contributed by atoms with E-state index >= 15 is 0 Å². The van der Waals surface area contributed by atoms with E-state index in [1.54, 1.807) is 0 Å². The van der Waals surface area contributed by atoms with Gasteiger partial charge in [0.1, 0.15) is 0 Å². The SMILES string of the molecule is O=C(NCC(c1ccccc1)C1CCCC1)c1cn(C2COC2)c2cccc(Cl)c12. The third kappa shape index (κ3) is 3.63. The third-order valence-corrected chi connectivity index (χ3v) is 7.06. The number of carbonyl (C=O) groups is 1. The lowest BCUT2D eigenvalue weighted by Gasteiger charge is -2.28. The maximum atomic E-state index is 13.3. The summed E-state index contributed by atoms with van der Waals surface area (Å²) in [4.78, 5) is 13.3. The van der Waals surface area contributed by atoms with Crippen LogP contribution in [0.15, 0.2) is 54.7 Å². The normalized spacial score (nSPS) is 18.4. The summed E-state index contributed by atoms with van der Waals surface area (Å²) in [6, 6.07) is 16.7. The van der Waals surface area contributed by atoms with Crippen molar-refractivity contribution >= 4 is 28.4 Å². The number of aromatic nitrogens is 1. The van der Waals surface area contributed by atoms with Gasteiger partial charge in [0.2, 0.25) is 0 Å². The zero-order chi connectivity index (χ0) is 20.5. The second-order valence-corrected chi connectivity index (χ2v) is 8.95. The predicted molar refractivity (Wildman–Crippen MR) is 120 cm³/mol. The molecular weight excluding hydrogens is 396 g/mol. The van der Waals surface area contributed by atoms with E-state index < -0.39 is 0 Å². The van der Waals surface area contributed by atoms with Crippen LogP contribution in [0.2, 0.25) is 5.02 Å². The van der Waals surface area contributed by atoms with Gasteiger partial charge in [-0.25, -0.2) is 0 Å². The highest BCUT2D eigenvalue weighted by molar-refractivity contribution is 6.36. The average molecular weight is 423 g/mol. The van der Waals surface area contributed by atoms with Crippen molar-refractivity contribution in [3.63, 3.8) is 0 Å². The summed E-state index contributed by atoms with van der Waals surface area (Å²) >= 11 is 6.52. The molecule has 30 heavy (non-hydrogen) atoms. The Bertz CT molecular complexity index is 1040. The van der Waals surface area contributed by atoms with Crippen LogP contribution < -0.4 is 5.32 Å². The first-order chi connectivity index (χ1) is 14.7. The summed E-state index contributed by atoms with van der Waals surface area (Å²) < 4.78 is 7.51. The molecule has 0 bridgehead atoms. The second-order valence-electron chi connectivity index (χ2n) is 8.55. The van der Waals surface area contributed by atoms with Gasteiger partial charge in [-0.3, -0.25) is 4.79 Å². The lowest BCUT2D eigenvalue weighted by Crippen LogP contribution is -2.31. The van der Waals surface area contributed by atoms with Gasteiger partial charge in [-0.2, -0.15) is 0 Å². The largest absolute Gasteiger partial charge is 0.377 e. The molecule has 1 atom stereocenters. The predicted octanol–water partition coefficient (Wildman–Crippen LogP) is 5.57. The Hall–Kier alpha value is -2.30. The van der Waals surface area contributed by atoms with Gasteiger partial charge in [0.25, 0.3) is 5.91 Å². The van der Waals surface area contributed by atoms with E-state index in [9.17, 15) is 4.79 Å². The number of carbonyl (C=O) groups excluding carboxylic acids is 1. The molecule has 1 aliphatic heterocycles. The topological polar surface area (TPSA) is 43.3 Å². The van der Waals surface area contributed by atoms with Crippen LogP contribution in [0.3, 0.4) is 0 Å². The Labute approximate surface area is 182 Å². The molecule has 1 unspecified atom stereocenters. The van der Waals surface area contributed by atoms with Crippen LogP contribution in [-0.4, -0.2) is 30.2 Å². The average Bonchev–Trinajstić information content (AvgIpc) is 3.37. The molecule has 2 heterocycles. The van der Waals surface area contributed by atoms with Gasteiger partial charge >= 0.3 is 0 Å². The van der Waals surface area contributed by atoms with Crippen molar-refractivity contribution in [2.24, 2.45) is 5.92 Å². The van der Waals surface area contributed by atoms with Crippen LogP contribution in [0.5, 0.6) is 0 Å². The molecular formula is C25H27ClN2O2. The van der Waals surface area contributed by atoms with Gasteiger partial charge in [0.15, 0.2) is 0 Å². The zero-order valence-corrected chi connectivity index (χ0v) is 17.8. The maximum absolute atomic E-state index is 13.3. The summed E-state index contributed by atoms with van der Waals surface area (Å²) in [6.07, 6.45) is 7.00. The number of amides is 1. The van der Waals surface area contributed by atoms with Crippen molar-refractivity contribution in [1.29, 1.82) is 0 Å². The maximum Gasteiger partial charge on any atom is 0.253 e. The number of benzene rings is 2. The number of rotatable bonds is 6. The minimum absolute atomic E-state index is 0.0500. The van der Waals surface area contributed by atoms with Gasteiger partial charge in [-0.1, -0.05) is 60.8 Å². The molecule has 1 saturated carbocycles. The molecule has 2 aromatic carbocycles. The highest BCUT2D eigenvalue weighted by atomic mass is 35.5. The van der Waals surface area contributed by atoms with E-state index in [-0.39, 0.29) is 11.9 Å². The number of hydrogen-bond acceptors (Lipinski definition) is 2. The first-order valence-electron chi connectivity index (χ1n) is 10.9. The first-order valence-corrected chi connectivity index (χ1v) is 11.3. The summed E-state index contributed by atoms with van der Waals surface area (Å²) in [5.74, 6) is 0.928. The van der Waals surface area contributed by atoms with Crippen molar-refractivity contribution in [3.8, 4) is 0 Å². The minimum Gasteiger partial charge on any atom is -0.377 e. The molecule has 1 N–H and O–H groups in total. The van der Waals surface area contributed by atoms with E-state index in [0.717, 1.165) is 10.9 Å². The van der Waals surface area contributed by atoms with E-state index in [1.165, 1.54) is 31.2 Å². The quantitative estimate of drug-likeness (QED) is 0.564. The highest BCUT2D eigenvalue weighted by Gasteiger charge is 2.29. The van der Waals surface area contributed by atoms with Crippen molar-refractivity contribution in [1.82, 2.24) is 9.88 Å². The number of nitrogens with zero attached hydrogens (tertiary/aromatic N) is 1. The molecule has 0 spiro atoms. The summed E-state index contributed by atoms with van der Waals surface area (Å²) in [7, 11) is 0. The summed E-state index contributed by atoms with van der Waals surface area (Å²) in [6.45, 7) is 2.00. The Kier molecular flexibility index (Phi) is 5.53. The Morgan fingerprint density at radius 3 is 2.57 bits per heavy atom. The third-order valence-electron chi connectivity index (χ3n) is 6.74. The van der Waals surface area contributed by atoms with E-state index in [2.05, 4.69) is 40.2 Å². The molecule has 4 nitrogen and oxygen atoms in total. The molecule has 0 radical (unpaired) electrons. The molecule has 1 amide bonds. The fourth-order valence-electron chi connectivity index (χ4n) is 5.04. The Morgan fingerprint density at radius 1 is 1.10 bits per heavy atom. The number of halogens is 1. The molecule has 5 rings (SSSR count). The van der Waals surface area contributed by atoms with Crippen LogP contribution in [0.4, 0.5) is 0 Å². The van der Waals surface area contributed by atoms with Crippen LogP contribution in [0.25, 0.3) is 10.9 Å². The molecule has 2 fully saturated rings. The molecule has 3 aromatic rings. The Morgan fingerprint density at radius 2 is 1.87 bits per heavy atom. The summed E-state index contributed by atoms with van der Waals surface area (Å²) in [5, 5.41) is 4.69. The zero-order valence-electron chi connectivity index (χ0n) is 17.0. The molecule has 1 saturated heterocycles. The molecule has 1 aliphatic carbocycles. The number of ether oxygens (including phenoxy) is 1. The van der Waals surface area contributed by atoms with Crippen LogP contribution in [-0.2, 0) is 4.74 Å². The minimum atomic E-state index is -0.0500. The van der Waals surface area contributed by atoms with Crippen molar-refractivity contribution in [2.45, 2.75) is 37.6 Å². The van der Waals surface area contributed by atoms with Crippen molar-refractivity contribution in [2.75, 3.05) is 19.8 Å². The van der Waals surface area contributed by atoms with Gasteiger partial charge in [-0.15, -0.1) is 0 Å². The van der Waals surface area contributed by atoms with Gasteiger partial charge in [0, 0.05) is 24.0 Å². The molecule has 156 valence electrons. The lowest BCUT2D eigenvalue weighted by atomic mass is 9.84. The van der Waals surface area contributed by atoms with E-state index in [1.807, 2.05) is 24.4 Å². The summed E-state index contributed by atoms with van der Waals surface area (Å²) in [5.41, 5.74) is 2.97. The second kappa shape index (κ2) is 8.44. The van der Waals surface area contributed by atoms with Crippen molar-refractivity contribution < 1.29 is 9.53 Å². The fraction of sp³-hybridized carbons (Fsp3) is 0.400. The molecule has 2 aliphatic rings. The lowest BCUT2D eigenvalue weighted by molar-refractivity contribution is -0.0214. The molecule has 1 aromatic heterocycles. The molecule has 5 heteroatoms. The van der Waals surface area contributed by atoms with Crippen LogP contribution in [0, 0.1) is 5.92 Å². The van der Waals surface area contributed by atoms with E-state index in [4.69, 9.17) is 16.3 Å². The standard InChI is InChI=1S/C25H27ClN2O2/c26-22-11-6-12-23-24(22)21(14-28(23)19-15-30-16-19)25(29)27-13-20(18-9-4-5-10-18)17-7-2-1-3-8-17/h1-3,6-8,11-12,14,18-20H,4-5,9-10,13,15-16H2,(H,27,29). The van der Waals surface area contributed by atoms with Gasteiger partial charge in [-0.05, 0) is 36.5 Å². The fourth-order valence-corrected chi connectivity index (χ4v) is 5.31. The van der Waals surface area contributed by atoms with Gasteiger partial charge in [0.05, 0.1) is 35.4 Å². The van der Waals surface area contributed by atoms with Crippen LogP contribution >= 0.6 is 11.6 Å². The first kappa shape index (κ1) is 19.7. The number of nitrogens with one attached hydrogen (secondary N) is 1. The smallest absolute Gasteiger partial charge is 0.253 e. The number of fused-ring (bicyclic) bond motifs is 1. The Balaban J connectivity index is 1.41. The van der Waals surface area contributed by atoms with E-state index in [0.29, 0.717) is 42.2 Å². The van der Waals surface area contributed by atoms with Crippen LogP contribution in [0.1, 0.15) is 53.6 Å². The highest BCUT2D eigenvalue weighted by Crippen LogP contribution is 2.37. The number of hydrogen-bond donors (Lipinski definition) is 1. The van der Waals surface area contributed by atoms with Gasteiger partial charge < -0.3 is 14.6 Å².